The molecule has 63 heavy (non-hydrogen) atoms. The summed E-state index contributed by atoms with van der Waals surface area (Å²) in [7, 11) is 0. The largest absolute Gasteiger partial charge is 0.466 e. The van der Waals surface area contributed by atoms with E-state index in [0.29, 0.717) is 25.9 Å². The third-order valence-electron chi connectivity index (χ3n) is 13.3. The minimum absolute atomic E-state index is 0.00786. The zero-order valence-corrected chi connectivity index (χ0v) is 42.6. The highest BCUT2D eigenvalue weighted by Gasteiger charge is 2.20. The van der Waals surface area contributed by atoms with E-state index in [9.17, 15) is 19.8 Å². The van der Waals surface area contributed by atoms with Crippen LogP contribution in [0.25, 0.3) is 0 Å². The van der Waals surface area contributed by atoms with Gasteiger partial charge >= 0.3 is 5.97 Å². The number of hydrogen-bond donors (Lipinski definition) is 3. The van der Waals surface area contributed by atoms with Gasteiger partial charge in [0.15, 0.2) is 0 Å². The van der Waals surface area contributed by atoms with Crippen LogP contribution in [0.2, 0.25) is 0 Å². The Kier molecular flexibility index (Phi) is 52.0. The number of aliphatic hydroxyl groups excluding tert-OH is 2. The summed E-state index contributed by atoms with van der Waals surface area (Å²) >= 11 is 0. The van der Waals surface area contributed by atoms with Crippen molar-refractivity contribution in [1.29, 1.82) is 0 Å². The van der Waals surface area contributed by atoms with Gasteiger partial charge in [0.05, 0.1) is 25.4 Å². The summed E-state index contributed by atoms with van der Waals surface area (Å²) in [5.41, 5.74) is 0. The topological polar surface area (TPSA) is 95.9 Å². The molecule has 0 radical (unpaired) electrons. The van der Waals surface area contributed by atoms with E-state index in [1.165, 1.54) is 212 Å². The minimum atomic E-state index is -0.673. The normalized spacial score (nSPS) is 12.6. The van der Waals surface area contributed by atoms with Crippen LogP contribution in [0.15, 0.2) is 12.2 Å². The summed E-state index contributed by atoms with van der Waals surface area (Å²) in [5.74, 6) is -0.0553. The number of ether oxygens (including phenoxy) is 1. The number of carbonyl (C=O) groups excluding carboxylic acids is 2. The lowest BCUT2D eigenvalue weighted by molar-refractivity contribution is -0.143. The molecule has 0 rings (SSSR count). The van der Waals surface area contributed by atoms with Gasteiger partial charge in [-0.05, 0) is 51.4 Å². The lowest BCUT2D eigenvalue weighted by atomic mass is 10.0. The molecule has 0 bridgehead atoms. The Labute approximate surface area is 393 Å². The van der Waals surface area contributed by atoms with Crippen molar-refractivity contribution in [3.05, 3.63) is 12.2 Å². The SMILES string of the molecule is CCCCCCCCCCCCCCCCCCCCC(O)C(CO)NC(=O)CCCCCCCCC/C=C\CCCCCCOC(=O)CCCCCCCCCCCCCCC. The Hall–Kier alpha value is -1.40. The molecule has 2 unspecified atom stereocenters. The van der Waals surface area contributed by atoms with E-state index in [1.54, 1.807) is 0 Å². The van der Waals surface area contributed by atoms with Gasteiger partial charge in [-0.25, -0.2) is 0 Å². The van der Waals surface area contributed by atoms with Crippen LogP contribution in [0.5, 0.6) is 0 Å². The van der Waals surface area contributed by atoms with E-state index >= 15 is 0 Å². The number of rotatable bonds is 53. The number of nitrogens with one attached hydrogen (secondary N) is 1. The van der Waals surface area contributed by atoms with Crippen LogP contribution in [0.1, 0.15) is 316 Å². The molecular formula is C57H111NO5. The van der Waals surface area contributed by atoms with Crippen molar-refractivity contribution >= 4 is 11.9 Å². The highest BCUT2D eigenvalue weighted by Crippen LogP contribution is 2.17. The van der Waals surface area contributed by atoms with Crippen molar-refractivity contribution in [3.8, 4) is 0 Å². The molecule has 0 fully saturated rings. The molecule has 0 aliphatic carbocycles. The molecule has 2 atom stereocenters. The summed E-state index contributed by atoms with van der Waals surface area (Å²) in [6, 6.07) is -0.552. The van der Waals surface area contributed by atoms with Crippen molar-refractivity contribution in [2.75, 3.05) is 13.2 Å². The lowest BCUT2D eigenvalue weighted by Crippen LogP contribution is -2.45. The van der Waals surface area contributed by atoms with Gasteiger partial charge in [-0.15, -0.1) is 0 Å². The third kappa shape index (κ3) is 49.9. The van der Waals surface area contributed by atoms with Crippen LogP contribution in [-0.2, 0) is 14.3 Å². The third-order valence-corrected chi connectivity index (χ3v) is 13.3. The molecule has 0 saturated heterocycles. The first-order chi connectivity index (χ1) is 31.0. The maximum Gasteiger partial charge on any atom is 0.305 e. The number of allylic oxidation sites excluding steroid dienone is 2. The highest BCUT2D eigenvalue weighted by molar-refractivity contribution is 5.76. The van der Waals surface area contributed by atoms with Gasteiger partial charge in [0, 0.05) is 12.8 Å². The van der Waals surface area contributed by atoms with Gasteiger partial charge in [-0.2, -0.15) is 0 Å². The number of aliphatic hydroxyl groups is 2. The Bertz CT molecular complexity index is 939. The van der Waals surface area contributed by atoms with Gasteiger partial charge in [-0.1, -0.05) is 264 Å². The van der Waals surface area contributed by atoms with Gasteiger partial charge in [0.25, 0.3) is 0 Å². The molecule has 6 heteroatoms. The molecule has 0 saturated carbocycles. The van der Waals surface area contributed by atoms with Gasteiger partial charge < -0.3 is 20.3 Å². The highest BCUT2D eigenvalue weighted by atomic mass is 16.5. The molecule has 0 spiro atoms. The van der Waals surface area contributed by atoms with Crippen LogP contribution in [0.4, 0.5) is 0 Å². The molecule has 0 heterocycles. The van der Waals surface area contributed by atoms with Crippen LogP contribution in [0, 0.1) is 0 Å². The second kappa shape index (κ2) is 53.2. The second-order valence-corrected chi connectivity index (χ2v) is 19.6. The lowest BCUT2D eigenvalue weighted by Gasteiger charge is -2.22. The van der Waals surface area contributed by atoms with Crippen molar-refractivity contribution < 1.29 is 24.5 Å². The van der Waals surface area contributed by atoms with Crippen LogP contribution < -0.4 is 5.32 Å². The summed E-state index contributed by atoms with van der Waals surface area (Å²) in [4.78, 5) is 24.5. The fourth-order valence-corrected chi connectivity index (χ4v) is 8.93. The molecular weight excluding hydrogens is 779 g/mol. The monoisotopic (exact) mass is 890 g/mol. The first-order valence-corrected chi connectivity index (χ1v) is 28.4. The van der Waals surface area contributed by atoms with Crippen molar-refractivity contribution in [2.24, 2.45) is 0 Å². The van der Waals surface area contributed by atoms with E-state index in [4.69, 9.17) is 4.74 Å². The predicted octanol–water partition coefficient (Wildman–Crippen LogP) is 17.3. The molecule has 0 aliphatic heterocycles. The predicted molar refractivity (Wildman–Crippen MR) is 273 cm³/mol. The Morgan fingerprint density at radius 3 is 1.13 bits per heavy atom. The molecule has 3 N–H and O–H groups in total. The van der Waals surface area contributed by atoms with Gasteiger partial charge in [0.1, 0.15) is 0 Å². The fraction of sp³-hybridized carbons (Fsp3) is 0.930. The average molecular weight is 891 g/mol. The molecule has 0 aliphatic rings. The average Bonchev–Trinajstić information content (AvgIpc) is 3.28. The standard InChI is InChI=1S/C57H111NO5/c1-3-5-7-9-11-13-15-17-18-19-20-22-26-29-33-37-41-45-49-55(60)54(53-59)58-56(61)50-46-42-38-34-30-27-23-21-24-28-32-36-40-44-48-52-63-57(62)51-47-43-39-35-31-25-16-14-12-10-8-6-4-2/h24,28,54-55,59-60H,3-23,25-27,29-53H2,1-2H3,(H,58,61)/b28-24-. The van der Waals surface area contributed by atoms with Crippen LogP contribution in [0.3, 0.4) is 0 Å². The quantitative estimate of drug-likeness (QED) is 0.0321. The second-order valence-electron chi connectivity index (χ2n) is 19.6. The molecule has 0 aromatic rings. The number of unbranched alkanes of at least 4 members (excludes halogenated alkanes) is 40. The van der Waals surface area contributed by atoms with E-state index < -0.39 is 12.1 Å². The van der Waals surface area contributed by atoms with Gasteiger partial charge in [-0.3, -0.25) is 9.59 Å². The summed E-state index contributed by atoms with van der Waals surface area (Å²) < 4.78 is 5.46. The van der Waals surface area contributed by atoms with E-state index in [0.717, 1.165) is 70.6 Å². The van der Waals surface area contributed by atoms with Crippen LogP contribution in [-0.4, -0.2) is 47.4 Å². The zero-order valence-electron chi connectivity index (χ0n) is 42.6. The molecule has 6 nitrogen and oxygen atoms in total. The molecule has 1 amide bonds. The summed E-state index contributed by atoms with van der Waals surface area (Å²) in [6.07, 6.45) is 61.9. The smallest absolute Gasteiger partial charge is 0.305 e. The number of esters is 1. The maximum absolute atomic E-state index is 12.5. The van der Waals surface area contributed by atoms with Crippen molar-refractivity contribution in [1.82, 2.24) is 5.32 Å². The first-order valence-electron chi connectivity index (χ1n) is 28.4. The summed E-state index contributed by atoms with van der Waals surface area (Å²) in [6.45, 7) is 4.94. The summed E-state index contributed by atoms with van der Waals surface area (Å²) in [5, 5.41) is 23.3. The molecule has 374 valence electrons. The zero-order chi connectivity index (χ0) is 45.8. The Morgan fingerprint density at radius 2 is 0.746 bits per heavy atom. The van der Waals surface area contributed by atoms with Crippen molar-refractivity contribution in [3.63, 3.8) is 0 Å². The van der Waals surface area contributed by atoms with Crippen LogP contribution >= 0.6 is 0 Å². The van der Waals surface area contributed by atoms with Gasteiger partial charge in [0.2, 0.25) is 5.91 Å². The number of carbonyl (C=O) groups is 2. The maximum atomic E-state index is 12.5. The molecule has 0 aromatic heterocycles. The van der Waals surface area contributed by atoms with E-state index in [2.05, 4.69) is 31.3 Å². The van der Waals surface area contributed by atoms with Crippen molar-refractivity contribution in [2.45, 2.75) is 328 Å². The first kappa shape index (κ1) is 61.6. The number of amides is 1. The Morgan fingerprint density at radius 1 is 0.429 bits per heavy atom. The molecule has 0 aromatic carbocycles. The number of hydrogen-bond acceptors (Lipinski definition) is 5. The minimum Gasteiger partial charge on any atom is -0.466 e. The van der Waals surface area contributed by atoms with E-state index in [1.807, 2.05) is 0 Å². The fourth-order valence-electron chi connectivity index (χ4n) is 8.93. The van der Waals surface area contributed by atoms with E-state index in [-0.39, 0.29) is 18.5 Å². The Balaban J connectivity index is 3.47.